The van der Waals surface area contributed by atoms with Crippen molar-refractivity contribution in [1.29, 1.82) is 0 Å². The van der Waals surface area contributed by atoms with Crippen molar-refractivity contribution in [1.82, 2.24) is 0 Å². The first kappa shape index (κ1) is 14.0. The first-order chi connectivity index (χ1) is 8.49. The van der Waals surface area contributed by atoms with Gasteiger partial charge in [0.05, 0.1) is 9.30 Å². The summed E-state index contributed by atoms with van der Waals surface area (Å²) in [6.07, 6.45) is 0. The van der Waals surface area contributed by atoms with Crippen molar-refractivity contribution in [2.24, 2.45) is 0 Å². The predicted molar refractivity (Wildman–Crippen MR) is 81.1 cm³/mol. The molecule has 0 spiro atoms. The van der Waals surface area contributed by atoms with Gasteiger partial charge in [0.2, 0.25) is 0 Å². The summed E-state index contributed by atoms with van der Waals surface area (Å²) < 4.78 is 13.7. The fourth-order valence-electron chi connectivity index (χ4n) is 1.73. The number of hydrogen-bond donors (Lipinski definition) is 0. The van der Waals surface area contributed by atoms with E-state index >= 15 is 0 Å². The van der Waals surface area contributed by atoms with Crippen LogP contribution in [0.5, 0.6) is 0 Å². The number of rotatable bonds is 2. The van der Waals surface area contributed by atoms with E-state index in [0.29, 0.717) is 9.50 Å². The van der Waals surface area contributed by atoms with E-state index < -0.39 is 0 Å². The van der Waals surface area contributed by atoms with E-state index in [1.807, 2.05) is 25.1 Å². The number of hydrogen-bond acceptors (Lipinski definition) is 0. The van der Waals surface area contributed by atoms with Gasteiger partial charge in [-0.3, -0.25) is 0 Å². The zero-order valence-corrected chi connectivity index (χ0v) is 13.5. The molecule has 0 radical (unpaired) electrons. The van der Waals surface area contributed by atoms with Crippen LogP contribution in [0.2, 0.25) is 5.02 Å². The van der Waals surface area contributed by atoms with Crippen LogP contribution >= 0.6 is 43.5 Å². The third-order valence-corrected chi connectivity index (χ3v) is 4.62. The summed E-state index contributed by atoms with van der Waals surface area (Å²) in [4.78, 5) is -0.00639. The summed E-state index contributed by atoms with van der Waals surface area (Å²) in [5, 5.41) is 0.696. The fraction of sp³-hybridized carbons (Fsp3) is 0.143. The van der Waals surface area contributed by atoms with E-state index in [4.69, 9.17) is 11.6 Å². The summed E-state index contributed by atoms with van der Waals surface area (Å²) in [6, 6.07) is 10.8. The molecule has 0 nitrogen and oxygen atoms in total. The SMILES string of the molecule is Cc1ccc(Cl)cc1C(Br)c1ccc(F)c(Br)c1. The minimum Gasteiger partial charge on any atom is -0.206 e. The lowest BCUT2D eigenvalue weighted by Gasteiger charge is -2.14. The Kier molecular flexibility index (Phi) is 4.46. The molecule has 94 valence electrons. The van der Waals surface area contributed by atoms with Gasteiger partial charge in [0.1, 0.15) is 5.82 Å². The van der Waals surface area contributed by atoms with Crippen molar-refractivity contribution < 1.29 is 4.39 Å². The molecule has 2 rings (SSSR count). The van der Waals surface area contributed by atoms with Gasteiger partial charge in [-0.1, -0.05) is 39.7 Å². The van der Waals surface area contributed by atoms with Gasteiger partial charge in [0, 0.05) is 5.02 Å². The Balaban J connectivity index is 2.44. The maximum Gasteiger partial charge on any atom is 0.137 e. The van der Waals surface area contributed by atoms with Crippen LogP contribution in [0.3, 0.4) is 0 Å². The van der Waals surface area contributed by atoms with E-state index in [-0.39, 0.29) is 10.6 Å². The number of aryl methyl sites for hydroxylation is 1. The van der Waals surface area contributed by atoms with Crippen molar-refractivity contribution in [2.75, 3.05) is 0 Å². The van der Waals surface area contributed by atoms with E-state index in [0.717, 1.165) is 16.7 Å². The normalized spacial score (nSPS) is 12.5. The lowest BCUT2D eigenvalue weighted by atomic mass is 10.0. The van der Waals surface area contributed by atoms with E-state index in [9.17, 15) is 4.39 Å². The standard InChI is InChI=1S/C14H10Br2ClF/c1-8-2-4-10(17)7-11(8)14(16)9-3-5-13(18)12(15)6-9/h2-7,14H,1H3. The van der Waals surface area contributed by atoms with Crippen molar-refractivity contribution >= 4 is 43.5 Å². The van der Waals surface area contributed by atoms with Gasteiger partial charge in [0.15, 0.2) is 0 Å². The average Bonchev–Trinajstić information content (AvgIpc) is 2.35. The Morgan fingerprint density at radius 3 is 2.56 bits per heavy atom. The van der Waals surface area contributed by atoms with E-state index in [1.165, 1.54) is 6.07 Å². The molecule has 0 saturated carbocycles. The van der Waals surface area contributed by atoms with E-state index in [1.54, 1.807) is 12.1 Å². The maximum atomic E-state index is 13.2. The van der Waals surface area contributed by atoms with Crippen LogP contribution in [-0.2, 0) is 0 Å². The van der Waals surface area contributed by atoms with Gasteiger partial charge in [-0.2, -0.15) is 0 Å². The van der Waals surface area contributed by atoms with Crippen LogP contribution in [0.4, 0.5) is 4.39 Å². The second-order valence-electron chi connectivity index (χ2n) is 4.04. The van der Waals surface area contributed by atoms with Crippen LogP contribution in [0.1, 0.15) is 21.5 Å². The van der Waals surface area contributed by atoms with Crippen molar-refractivity contribution in [2.45, 2.75) is 11.8 Å². The third kappa shape index (κ3) is 2.95. The molecule has 0 aliphatic carbocycles. The van der Waals surface area contributed by atoms with Crippen LogP contribution in [0.15, 0.2) is 40.9 Å². The molecule has 0 fully saturated rings. The molecular formula is C14H10Br2ClF. The van der Waals surface area contributed by atoms with Crippen molar-refractivity contribution in [3.63, 3.8) is 0 Å². The molecule has 0 heterocycles. The topological polar surface area (TPSA) is 0 Å². The van der Waals surface area contributed by atoms with Crippen LogP contribution < -0.4 is 0 Å². The fourth-order valence-corrected chi connectivity index (χ4v) is 3.09. The highest BCUT2D eigenvalue weighted by Crippen LogP contribution is 2.35. The molecular weight excluding hydrogens is 382 g/mol. The van der Waals surface area contributed by atoms with Gasteiger partial charge < -0.3 is 0 Å². The molecule has 0 N–H and O–H groups in total. The lowest BCUT2D eigenvalue weighted by molar-refractivity contribution is 0.620. The molecule has 4 heteroatoms. The molecule has 18 heavy (non-hydrogen) atoms. The minimum absolute atomic E-state index is 0.00639. The Bertz CT molecular complexity index is 584. The van der Waals surface area contributed by atoms with E-state index in [2.05, 4.69) is 31.9 Å². The monoisotopic (exact) mass is 390 g/mol. The molecule has 2 aromatic carbocycles. The highest BCUT2D eigenvalue weighted by Gasteiger charge is 2.14. The Hall–Kier alpha value is -0.380. The summed E-state index contributed by atoms with van der Waals surface area (Å²) in [5.74, 6) is -0.263. The second-order valence-corrected chi connectivity index (χ2v) is 6.24. The van der Waals surface area contributed by atoms with Crippen LogP contribution in [0.25, 0.3) is 0 Å². The highest BCUT2D eigenvalue weighted by molar-refractivity contribution is 9.10. The Morgan fingerprint density at radius 2 is 1.89 bits per heavy atom. The number of alkyl halides is 1. The number of benzene rings is 2. The Labute approximate surface area is 127 Å². The summed E-state index contributed by atoms with van der Waals surface area (Å²) in [5.41, 5.74) is 3.20. The second kappa shape index (κ2) is 5.72. The molecule has 1 unspecified atom stereocenters. The molecule has 0 saturated heterocycles. The summed E-state index contributed by atoms with van der Waals surface area (Å²) in [6.45, 7) is 2.03. The van der Waals surface area contributed by atoms with Gasteiger partial charge >= 0.3 is 0 Å². The van der Waals surface area contributed by atoms with Crippen LogP contribution in [0, 0.1) is 12.7 Å². The van der Waals surface area contributed by atoms with Gasteiger partial charge in [-0.15, -0.1) is 0 Å². The first-order valence-corrected chi connectivity index (χ1v) is 7.43. The smallest absolute Gasteiger partial charge is 0.137 e. The lowest BCUT2D eigenvalue weighted by Crippen LogP contribution is -1.96. The van der Waals surface area contributed by atoms with Crippen molar-refractivity contribution in [3.8, 4) is 0 Å². The molecule has 0 bridgehead atoms. The molecule has 0 aliphatic rings. The maximum absolute atomic E-state index is 13.2. The number of halogens is 4. The average molecular weight is 392 g/mol. The molecule has 0 aromatic heterocycles. The zero-order valence-electron chi connectivity index (χ0n) is 9.55. The van der Waals surface area contributed by atoms with Gasteiger partial charge in [-0.05, 0) is 63.8 Å². The first-order valence-electron chi connectivity index (χ1n) is 5.34. The summed E-state index contributed by atoms with van der Waals surface area (Å²) >= 11 is 12.8. The Morgan fingerprint density at radius 1 is 1.17 bits per heavy atom. The zero-order chi connectivity index (χ0) is 13.3. The quantitative estimate of drug-likeness (QED) is 0.547. The van der Waals surface area contributed by atoms with Crippen LogP contribution in [-0.4, -0.2) is 0 Å². The minimum atomic E-state index is -0.263. The van der Waals surface area contributed by atoms with Gasteiger partial charge in [0.25, 0.3) is 0 Å². The predicted octanol–water partition coefficient (Wildman–Crippen LogP) is 6.03. The summed E-state index contributed by atoms with van der Waals surface area (Å²) in [7, 11) is 0. The van der Waals surface area contributed by atoms with Crippen molar-refractivity contribution in [3.05, 3.63) is 68.4 Å². The third-order valence-electron chi connectivity index (χ3n) is 2.75. The molecule has 1 atom stereocenters. The molecule has 0 amide bonds. The molecule has 0 aliphatic heterocycles. The highest BCUT2D eigenvalue weighted by atomic mass is 79.9. The molecule has 2 aromatic rings. The van der Waals surface area contributed by atoms with Gasteiger partial charge in [-0.25, -0.2) is 4.39 Å². The largest absolute Gasteiger partial charge is 0.206 e.